The third-order valence-electron chi connectivity index (χ3n) is 3.25. The second-order valence-corrected chi connectivity index (χ2v) is 6.10. The maximum atomic E-state index is 12.4. The summed E-state index contributed by atoms with van der Waals surface area (Å²) in [6, 6.07) is 7.58. The van der Waals surface area contributed by atoms with Crippen LogP contribution in [0.3, 0.4) is 0 Å². The van der Waals surface area contributed by atoms with Crippen LogP contribution in [0.2, 0.25) is 0 Å². The Balaban J connectivity index is 1.75. The fourth-order valence-electron chi connectivity index (χ4n) is 2.08. The molecule has 0 aliphatic heterocycles. The number of hydrogen-bond donors (Lipinski definition) is 0. The van der Waals surface area contributed by atoms with Gasteiger partial charge in [0.15, 0.2) is 5.78 Å². The summed E-state index contributed by atoms with van der Waals surface area (Å²) in [5.74, 6) is -0.0464. The van der Waals surface area contributed by atoms with Crippen molar-refractivity contribution in [1.29, 1.82) is 0 Å². The van der Waals surface area contributed by atoms with Gasteiger partial charge in [-0.25, -0.2) is 4.98 Å². The first-order valence-electron chi connectivity index (χ1n) is 7.40. The Labute approximate surface area is 144 Å². The van der Waals surface area contributed by atoms with Crippen LogP contribution < -0.4 is 0 Å². The van der Waals surface area contributed by atoms with Crippen LogP contribution in [0.1, 0.15) is 31.5 Å². The van der Waals surface area contributed by atoms with E-state index >= 15 is 0 Å². The summed E-state index contributed by atoms with van der Waals surface area (Å²) in [6.45, 7) is 1.85. The first-order valence-corrected chi connectivity index (χ1v) is 8.22. The van der Waals surface area contributed by atoms with E-state index in [9.17, 15) is 4.79 Å². The Kier molecular flexibility index (Phi) is 5.03. The highest BCUT2D eigenvalue weighted by molar-refractivity contribution is 7.14. The largest absolute Gasteiger partial charge is 0.288 e. The van der Waals surface area contributed by atoms with Crippen LogP contribution in [0.15, 0.2) is 55.1 Å². The number of carbonyl (C=O) groups is 1. The van der Waals surface area contributed by atoms with Crippen molar-refractivity contribution in [3.63, 3.8) is 0 Å². The van der Waals surface area contributed by atoms with Crippen molar-refractivity contribution in [1.82, 2.24) is 15.0 Å². The zero-order valence-electron chi connectivity index (χ0n) is 13.1. The van der Waals surface area contributed by atoms with Gasteiger partial charge in [0.2, 0.25) is 0 Å². The highest BCUT2D eigenvalue weighted by atomic mass is 32.1. The number of thiazole rings is 1. The fourth-order valence-corrected chi connectivity index (χ4v) is 2.97. The van der Waals surface area contributed by atoms with Gasteiger partial charge in [-0.15, -0.1) is 11.3 Å². The van der Waals surface area contributed by atoms with Crippen molar-refractivity contribution in [3.8, 4) is 0 Å². The molecule has 24 heavy (non-hydrogen) atoms. The zero-order valence-corrected chi connectivity index (χ0v) is 13.9. The molecule has 0 amide bonds. The van der Waals surface area contributed by atoms with Crippen LogP contribution >= 0.6 is 11.3 Å². The first-order chi connectivity index (χ1) is 11.7. The molecule has 118 valence electrons. The number of aromatic nitrogens is 3. The summed E-state index contributed by atoms with van der Waals surface area (Å²) < 4.78 is 0. The minimum Gasteiger partial charge on any atom is -0.288 e. The molecule has 0 saturated heterocycles. The number of rotatable bonds is 5. The number of allylic oxidation sites excluding steroid dienone is 1. The highest BCUT2D eigenvalue weighted by Gasteiger charge is 2.11. The standard InChI is InChI=1S/C19H15N3OS/c1-14-19(17(23)8-6-15-4-2-10-20-12-15)24-18(22-14)9-7-16-5-3-11-21-13-16/h2-13H,1H3/b8-6-,9-7-. The van der Waals surface area contributed by atoms with Crippen LogP contribution in [0, 0.1) is 6.92 Å². The molecule has 0 N–H and O–H groups in total. The summed E-state index contributed by atoms with van der Waals surface area (Å²) in [7, 11) is 0. The molecule has 3 rings (SSSR count). The van der Waals surface area contributed by atoms with Gasteiger partial charge in [0.25, 0.3) is 0 Å². The average Bonchev–Trinajstić information content (AvgIpc) is 3.00. The number of ketones is 1. The normalized spacial score (nSPS) is 11.4. The van der Waals surface area contributed by atoms with Gasteiger partial charge in [0.05, 0.1) is 10.6 Å². The molecule has 5 heteroatoms. The van der Waals surface area contributed by atoms with Crippen LogP contribution in [0.25, 0.3) is 18.2 Å². The predicted octanol–water partition coefficient (Wildman–Crippen LogP) is 4.31. The summed E-state index contributed by atoms with van der Waals surface area (Å²) in [5.41, 5.74) is 2.63. The van der Waals surface area contributed by atoms with E-state index in [2.05, 4.69) is 15.0 Å². The van der Waals surface area contributed by atoms with E-state index in [1.807, 2.05) is 43.3 Å². The van der Waals surface area contributed by atoms with E-state index in [4.69, 9.17) is 0 Å². The van der Waals surface area contributed by atoms with Crippen LogP contribution in [-0.4, -0.2) is 20.7 Å². The van der Waals surface area contributed by atoms with E-state index in [0.717, 1.165) is 21.8 Å². The molecule has 0 bridgehead atoms. The van der Waals surface area contributed by atoms with Crippen molar-refractivity contribution in [2.45, 2.75) is 6.92 Å². The van der Waals surface area contributed by atoms with Gasteiger partial charge in [0.1, 0.15) is 5.01 Å². The smallest absolute Gasteiger partial charge is 0.197 e. The Morgan fingerprint density at radius 3 is 2.29 bits per heavy atom. The number of pyridine rings is 2. The van der Waals surface area contributed by atoms with Gasteiger partial charge in [0, 0.05) is 24.8 Å². The zero-order chi connectivity index (χ0) is 16.8. The van der Waals surface area contributed by atoms with Crippen LogP contribution in [0.4, 0.5) is 0 Å². The Morgan fingerprint density at radius 1 is 1.00 bits per heavy atom. The summed E-state index contributed by atoms with van der Waals surface area (Å²) >= 11 is 1.39. The molecule has 3 aromatic rings. The molecular weight excluding hydrogens is 318 g/mol. The van der Waals surface area contributed by atoms with Crippen LogP contribution in [-0.2, 0) is 0 Å². The van der Waals surface area contributed by atoms with Gasteiger partial charge in [-0.1, -0.05) is 18.2 Å². The Morgan fingerprint density at radius 2 is 1.67 bits per heavy atom. The number of nitrogens with zero attached hydrogens (tertiary/aromatic N) is 3. The van der Waals surface area contributed by atoms with E-state index in [1.54, 1.807) is 36.9 Å². The molecule has 3 heterocycles. The maximum absolute atomic E-state index is 12.4. The minimum atomic E-state index is -0.0464. The fraction of sp³-hybridized carbons (Fsp3) is 0.0526. The lowest BCUT2D eigenvalue weighted by molar-refractivity contribution is 0.105. The summed E-state index contributed by atoms with van der Waals surface area (Å²) in [4.78, 5) is 25.5. The van der Waals surface area contributed by atoms with Gasteiger partial charge >= 0.3 is 0 Å². The molecule has 0 saturated carbocycles. The first kappa shape index (κ1) is 16.0. The molecule has 0 aromatic carbocycles. The third-order valence-corrected chi connectivity index (χ3v) is 4.39. The molecule has 0 aliphatic rings. The second-order valence-electron chi connectivity index (χ2n) is 5.07. The molecule has 0 unspecified atom stereocenters. The summed E-state index contributed by atoms with van der Waals surface area (Å²) in [5, 5.41) is 0.800. The quantitative estimate of drug-likeness (QED) is 0.516. The molecule has 0 radical (unpaired) electrons. The lowest BCUT2D eigenvalue weighted by Crippen LogP contribution is -1.93. The van der Waals surface area contributed by atoms with E-state index < -0.39 is 0 Å². The number of hydrogen-bond acceptors (Lipinski definition) is 5. The third kappa shape index (κ3) is 4.08. The Bertz CT molecular complexity index is 883. The van der Waals surface area contributed by atoms with Gasteiger partial charge < -0.3 is 0 Å². The second kappa shape index (κ2) is 7.57. The Hall–Kier alpha value is -2.92. The monoisotopic (exact) mass is 333 g/mol. The predicted molar refractivity (Wildman–Crippen MR) is 97.6 cm³/mol. The molecule has 3 aromatic heterocycles. The molecule has 0 fully saturated rings. The molecule has 0 atom stereocenters. The maximum Gasteiger partial charge on any atom is 0.197 e. The highest BCUT2D eigenvalue weighted by Crippen LogP contribution is 2.21. The van der Waals surface area contributed by atoms with Gasteiger partial charge in [-0.3, -0.25) is 14.8 Å². The van der Waals surface area contributed by atoms with Crippen molar-refractivity contribution in [2.75, 3.05) is 0 Å². The SMILES string of the molecule is Cc1nc(/C=C\c2cccnc2)sc1C(=O)/C=C\c1cccnc1. The molecular formula is C19H15N3OS. The molecule has 0 aliphatic carbocycles. The minimum absolute atomic E-state index is 0.0464. The average molecular weight is 333 g/mol. The van der Waals surface area contributed by atoms with Gasteiger partial charge in [-0.05, 0) is 48.4 Å². The van der Waals surface area contributed by atoms with Gasteiger partial charge in [-0.2, -0.15) is 0 Å². The summed E-state index contributed by atoms with van der Waals surface area (Å²) in [6.07, 6.45) is 14.1. The van der Waals surface area contributed by atoms with Crippen molar-refractivity contribution in [3.05, 3.63) is 81.8 Å². The van der Waals surface area contributed by atoms with E-state index in [1.165, 1.54) is 11.3 Å². The lowest BCUT2D eigenvalue weighted by Gasteiger charge is -1.92. The number of carbonyl (C=O) groups excluding carboxylic acids is 1. The number of aryl methyl sites for hydroxylation is 1. The topological polar surface area (TPSA) is 55.7 Å². The van der Waals surface area contributed by atoms with E-state index in [0.29, 0.717) is 4.88 Å². The van der Waals surface area contributed by atoms with Crippen LogP contribution in [0.5, 0.6) is 0 Å². The van der Waals surface area contributed by atoms with Crippen molar-refractivity contribution >= 4 is 35.3 Å². The molecule has 0 spiro atoms. The van der Waals surface area contributed by atoms with Crippen molar-refractivity contribution in [2.24, 2.45) is 0 Å². The lowest BCUT2D eigenvalue weighted by atomic mass is 10.2. The van der Waals surface area contributed by atoms with E-state index in [-0.39, 0.29) is 5.78 Å². The molecule has 4 nitrogen and oxygen atoms in total. The van der Waals surface area contributed by atoms with Crippen molar-refractivity contribution < 1.29 is 4.79 Å².